The number of aromatic amines is 1. The van der Waals surface area contributed by atoms with Gasteiger partial charge in [-0.2, -0.15) is 5.10 Å². The largest absolute Gasteiger partial charge is 0.345 e. The van der Waals surface area contributed by atoms with Crippen LogP contribution in [0.2, 0.25) is 0 Å². The van der Waals surface area contributed by atoms with E-state index in [0.29, 0.717) is 23.7 Å². The number of hydrogen-bond donors (Lipinski definition) is 2. The topological polar surface area (TPSA) is 109 Å². The second-order valence-electron chi connectivity index (χ2n) is 9.48. The van der Waals surface area contributed by atoms with Crippen LogP contribution in [0.5, 0.6) is 0 Å². The third-order valence-corrected chi connectivity index (χ3v) is 6.46. The van der Waals surface area contributed by atoms with Gasteiger partial charge in [0.05, 0.1) is 17.4 Å². The number of anilines is 1. The molecule has 2 fully saturated rings. The number of carbonyl (C=O) groups is 2. The van der Waals surface area contributed by atoms with E-state index in [1.807, 2.05) is 36.0 Å². The number of hydrogen-bond acceptors (Lipinski definition) is 5. The van der Waals surface area contributed by atoms with Crippen LogP contribution in [0.1, 0.15) is 53.2 Å². The molecule has 5 heterocycles. The highest BCUT2D eigenvalue weighted by Crippen LogP contribution is 2.39. The first kappa shape index (κ1) is 24.5. The number of piperidine rings is 1. The third-order valence-electron chi connectivity index (χ3n) is 6.46. The maximum atomic E-state index is 12.6. The molecule has 2 amide bonds. The van der Waals surface area contributed by atoms with Crippen LogP contribution in [0.3, 0.4) is 0 Å². The predicted molar refractivity (Wildman–Crippen MR) is 134 cm³/mol. The lowest BCUT2D eigenvalue weighted by atomic mass is 10.1. The number of halogens is 2. The summed E-state index contributed by atoms with van der Waals surface area (Å²) in [5.74, 6) is -1.68. The van der Waals surface area contributed by atoms with E-state index >= 15 is 0 Å². The number of pyridine rings is 2. The van der Waals surface area contributed by atoms with Crippen LogP contribution in [0.4, 0.5) is 14.6 Å². The van der Waals surface area contributed by atoms with Gasteiger partial charge in [0.15, 0.2) is 5.82 Å². The molecule has 6 rings (SSSR count). The lowest BCUT2D eigenvalue weighted by Crippen LogP contribution is -2.38. The minimum atomic E-state index is -2.54. The minimum Gasteiger partial charge on any atom is -0.345 e. The van der Waals surface area contributed by atoms with E-state index in [0.717, 1.165) is 28.0 Å². The van der Waals surface area contributed by atoms with Crippen molar-refractivity contribution in [3.8, 4) is 5.69 Å². The normalized spacial score (nSPS) is 16.7. The van der Waals surface area contributed by atoms with Crippen LogP contribution in [0, 0.1) is 6.92 Å². The average Bonchev–Trinajstić information content (AvgIpc) is 3.50. The van der Waals surface area contributed by atoms with Crippen molar-refractivity contribution >= 4 is 29.2 Å². The van der Waals surface area contributed by atoms with Crippen LogP contribution in [-0.2, 0) is 4.79 Å². The van der Waals surface area contributed by atoms with E-state index in [2.05, 4.69) is 31.5 Å². The molecule has 37 heavy (non-hydrogen) atoms. The van der Waals surface area contributed by atoms with Crippen LogP contribution < -0.4 is 5.32 Å². The number of rotatable bonds is 5. The van der Waals surface area contributed by atoms with Gasteiger partial charge < -0.3 is 10.2 Å². The Balaban J connectivity index is 0.000000237. The summed E-state index contributed by atoms with van der Waals surface area (Å²) >= 11 is 0. The molecule has 1 saturated heterocycles. The summed E-state index contributed by atoms with van der Waals surface area (Å²) in [6.45, 7) is 2.40. The molecule has 4 aromatic heterocycles. The summed E-state index contributed by atoms with van der Waals surface area (Å²) < 4.78 is 26.7. The molecule has 4 aromatic rings. The summed E-state index contributed by atoms with van der Waals surface area (Å²) in [6.07, 6.45) is 9.64. The van der Waals surface area contributed by atoms with Gasteiger partial charge in [-0.3, -0.25) is 24.2 Å². The number of fused-ring (bicyclic) bond motifs is 1. The first-order chi connectivity index (χ1) is 17.8. The molecular formula is C26H27F2N7O2. The standard InChI is InChI=1S/C20H18N6O.C6H9F2NO/c1-12-6-14-4-5-26(19(14)22-9-12)16-7-15(10-21-11-16)20(27)23-18-8-17(24-25-18)13-2-3-13;7-6(8)1-3-9(5-10)4-2-6/h4-11,13H,2-3H2,1H3,(H2,23,24,25,27);5H,1-4H2. The van der Waals surface area contributed by atoms with Gasteiger partial charge in [0.25, 0.3) is 11.8 Å². The maximum absolute atomic E-state index is 12.6. The second kappa shape index (κ2) is 10.1. The molecule has 0 aromatic carbocycles. The fourth-order valence-electron chi connectivity index (χ4n) is 4.18. The molecule has 1 aliphatic heterocycles. The molecule has 2 N–H and O–H groups in total. The molecule has 11 heteroatoms. The zero-order valence-electron chi connectivity index (χ0n) is 20.3. The third kappa shape index (κ3) is 5.82. The summed E-state index contributed by atoms with van der Waals surface area (Å²) in [7, 11) is 0. The van der Waals surface area contributed by atoms with Crippen molar-refractivity contribution in [2.45, 2.75) is 44.4 Å². The fourth-order valence-corrected chi connectivity index (χ4v) is 4.18. The van der Waals surface area contributed by atoms with Crippen LogP contribution in [0.15, 0.2) is 49.1 Å². The first-order valence-electron chi connectivity index (χ1n) is 12.1. The van der Waals surface area contributed by atoms with Crippen molar-refractivity contribution in [1.29, 1.82) is 0 Å². The highest BCUT2D eigenvalue weighted by atomic mass is 19.3. The quantitative estimate of drug-likeness (QED) is 0.388. The van der Waals surface area contributed by atoms with Gasteiger partial charge in [-0.05, 0) is 43.5 Å². The van der Waals surface area contributed by atoms with Crippen molar-refractivity contribution in [1.82, 2.24) is 29.6 Å². The molecule has 192 valence electrons. The highest BCUT2D eigenvalue weighted by Gasteiger charge is 2.33. The Morgan fingerprint density at radius 2 is 1.95 bits per heavy atom. The van der Waals surface area contributed by atoms with E-state index < -0.39 is 5.92 Å². The van der Waals surface area contributed by atoms with Gasteiger partial charge in [-0.25, -0.2) is 13.8 Å². The fraction of sp³-hybridized carbons (Fsp3) is 0.346. The van der Waals surface area contributed by atoms with Crippen molar-refractivity contribution in [2.24, 2.45) is 0 Å². The monoisotopic (exact) mass is 507 g/mol. The number of alkyl halides is 2. The molecule has 1 aliphatic carbocycles. The molecule has 0 bridgehead atoms. The van der Waals surface area contributed by atoms with Crippen molar-refractivity contribution in [3.05, 3.63) is 65.9 Å². The minimum absolute atomic E-state index is 0.189. The lowest BCUT2D eigenvalue weighted by molar-refractivity contribution is -0.124. The summed E-state index contributed by atoms with van der Waals surface area (Å²) in [6, 6.07) is 7.79. The molecule has 1 saturated carbocycles. The van der Waals surface area contributed by atoms with Crippen LogP contribution >= 0.6 is 0 Å². The second-order valence-corrected chi connectivity index (χ2v) is 9.48. The molecule has 0 spiro atoms. The van der Waals surface area contributed by atoms with Crippen molar-refractivity contribution < 1.29 is 18.4 Å². The Morgan fingerprint density at radius 3 is 2.68 bits per heavy atom. The Bertz CT molecular complexity index is 1420. The number of H-pyrrole nitrogens is 1. The molecular weight excluding hydrogens is 480 g/mol. The van der Waals surface area contributed by atoms with Gasteiger partial charge in [-0.15, -0.1) is 0 Å². The first-order valence-corrected chi connectivity index (χ1v) is 12.1. The van der Waals surface area contributed by atoms with E-state index in [9.17, 15) is 18.4 Å². The van der Waals surface area contributed by atoms with Crippen LogP contribution in [-0.4, -0.2) is 61.0 Å². The lowest BCUT2D eigenvalue weighted by Gasteiger charge is -2.28. The van der Waals surface area contributed by atoms with E-state index in [-0.39, 0.29) is 31.8 Å². The van der Waals surface area contributed by atoms with E-state index in [1.54, 1.807) is 18.5 Å². The number of nitrogens with zero attached hydrogens (tertiary/aromatic N) is 5. The van der Waals surface area contributed by atoms with Gasteiger partial charge in [0.1, 0.15) is 5.65 Å². The van der Waals surface area contributed by atoms with E-state index in [1.165, 1.54) is 17.7 Å². The molecule has 0 atom stereocenters. The summed E-state index contributed by atoms with van der Waals surface area (Å²) in [4.78, 5) is 32.8. The zero-order chi connectivity index (χ0) is 26.0. The number of likely N-dealkylation sites (tertiary alicyclic amines) is 1. The molecule has 0 unspecified atom stereocenters. The van der Waals surface area contributed by atoms with Gasteiger partial charge in [-0.1, -0.05) is 0 Å². The van der Waals surface area contributed by atoms with Gasteiger partial charge in [0, 0.05) is 67.6 Å². The highest BCUT2D eigenvalue weighted by molar-refractivity contribution is 6.04. The average molecular weight is 508 g/mol. The summed E-state index contributed by atoms with van der Waals surface area (Å²) in [5.41, 5.74) is 4.28. The Labute approximate surface area is 211 Å². The number of nitrogens with one attached hydrogen (secondary N) is 2. The van der Waals surface area contributed by atoms with Gasteiger partial charge in [0.2, 0.25) is 6.41 Å². The Kier molecular flexibility index (Phi) is 6.68. The van der Waals surface area contributed by atoms with Crippen molar-refractivity contribution in [3.63, 3.8) is 0 Å². The van der Waals surface area contributed by atoms with Crippen LogP contribution in [0.25, 0.3) is 16.7 Å². The molecule has 0 radical (unpaired) electrons. The molecule has 2 aliphatic rings. The predicted octanol–water partition coefficient (Wildman–Crippen LogP) is 4.46. The maximum Gasteiger partial charge on any atom is 0.258 e. The SMILES string of the molecule is Cc1cnc2c(ccn2-c2cncc(C(=O)Nc3cc(C4CC4)[nH]n3)c2)c1.O=CN1CCC(F)(F)CC1. The Hall–Kier alpha value is -4.15. The van der Waals surface area contributed by atoms with E-state index in [4.69, 9.17) is 0 Å². The molecule has 9 nitrogen and oxygen atoms in total. The number of amides is 2. The summed E-state index contributed by atoms with van der Waals surface area (Å²) in [5, 5.41) is 11.0. The Morgan fingerprint density at radius 1 is 1.16 bits per heavy atom. The van der Waals surface area contributed by atoms with Crippen molar-refractivity contribution in [2.75, 3.05) is 18.4 Å². The van der Waals surface area contributed by atoms with Gasteiger partial charge >= 0.3 is 0 Å². The number of carbonyl (C=O) groups excluding carboxylic acids is 2. The zero-order valence-corrected chi connectivity index (χ0v) is 20.3. The smallest absolute Gasteiger partial charge is 0.258 e. The number of aromatic nitrogens is 5. The number of aryl methyl sites for hydroxylation is 1.